The van der Waals surface area contributed by atoms with Crippen LogP contribution in [0.2, 0.25) is 0 Å². The summed E-state index contributed by atoms with van der Waals surface area (Å²) >= 11 is 0. The van der Waals surface area contributed by atoms with E-state index >= 15 is 0 Å². The minimum atomic E-state index is -0.954. The van der Waals surface area contributed by atoms with Crippen molar-refractivity contribution in [1.29, 1.82) is 0 Å². The fourth-order valence-electron chi connectivity index (χ4n) is 3.81. The van der Waals surface area contributed by atoms with Gasteiger partial charge in [0.05, 0.1) is 38.4 Å². The van der Waals surface area contributed by atoms with Crippen molar-refractivity contribution in [2.24, 2.45) is 11.8 Å². The molecule has 2 aromatic rings. The van der Waals surface area contributed by atoms with Gasteiger partial charge in [-0.15, -0.1) is 0 Å². The molecule has 0 radical (unpaired) electrons. The van der Waals surface area contributed by atoms with Crippen molar-refractivity contribution in [1.82, 2.24) is 4.90 Å². The minimum absolute atomic E-state index is 0.156. The third kappa shape index (κ3) is 5.87. The molecule has 0 saturated carbocycles. The number of aliphatic hydroxyl groups excluding tert-OH is 1. The Morgan fingerprint density at radius 2 is 1.81 bits per heavy atom. The molecule has 1 heterocycles. The summed E-state index contributed by atoms with van der Waals surface area (Å²) in [5, 5.41) is 10.7. The van der Waals surface area contributed by atoms with E-state index < -0.39 is 24.0 Å². The molecule has 7 heteroatoms. The summed E-state index contributed by atoms with van der Waals surface area (Å²) < 4.78 is 16.0. The molecule has 0 bridgehead atoms. The Labute approximate surface area is 188 Å². The normalized spacial score (nSPS) is 18.7. The Morgan fingerprint density at radius 1 is 1.12 bits per heavy atom. The second kappa shape index (κ2) is 11.1. The first kappa shape index (κ1) is 23.8. The molecule has 7 nitrogen and oxygen atoms in total. The van der Waals surface area contributed by atoms with Crippen LogP contribution in [0.15, 0.2) is 54.6 Å². The maximum atomic E-state index is 13.1. The van der Waals surface area contributed by atoms with Crippen LogP contribution in [0.1, 0.15) is 25.0 Å². The first-order valence-corrected chi connectivity index (χ1v) is 10.8. The predicted molar refractivity (Wildman–Crippen MR) is 119 cm³/mol. The third-order valence-electron chi connectivity index (χ3n) is 5.81. The Hall–Kier alpha value is -2.90. The first-order valence-electron chi connectivity index (χ1n) is 10.8. The van der Waals surface area contributed by atoms with Crippen LogP contribution >= 0.6 is 0 Å². The zero-order valence-corrected chi connectivity index (χ0v) is 18.8. The number of aliphatic hydroxyl groups is 1. The molecule has 0 aromatic heterocycles. The van der Waals surface area contributed by atoms with Crippen molar-refractivity contribution in [2.75, 3.05) is 20.3 Å². The number of carbonyl (C=O) groups excluding carboxylic acids is 2. The van der Waals surface area contributed by atoms with Gasteiger partial charge in [-0.25, -0.2) is 9.69 Å². The zero-order chi connectivity index (χ0) is 23.1. The lowest BCUT2D eigenvalue weighted by Gasteiger charge is -2.28. The highest BCUT2D eigenvalue weighted by molar-refractivity contribution is 5.95. The van der Waals surface area contributed by atoms with Gasteiger partial charge in [0.1, 0.15) is 12.4 Å². The Morgan fingerprint density at radius 3 is 2.47 bits per heavy atom. The molecule has 3 rings (SSSR count). The highest BCUT2D eigenvalue weighted by Gasteiger charge is 2.42. The number of benzene rings is 2. The summed E-state index contributed by atoms with van der Waals surface area (Å²) in [6.07, 6.45) is -1.09. The molecule has 1 aliphatic rings. The smallest absolute Gasteiger partial charge is 0.416 e. The van der Waals surface area contributed by atoms with Crippen molar-refractivity contribution in [3.05, 3.63) is 65.7 Å². The average Bonchev–Trinajstić information content (AvgIpc) is 3.18. The van der Waals surface area contributed by atoms with Crippen molar-refractivity contribution < 1.29 is 28.9 Å². The number of imide groups is 1. The number of cyclic esters (lactones) is 1. The monoisotopic (exact) mass is 441 g/mol. The van der Waals surface area contributed by atoms with Crippen LogP contribution < -0.4 is 4.74 Å². The van der Waals surface area contributed by atoms with Gasteiger partial charge in [-0.3, -0.25) is 4.79 Å². The Balaban J connectivity index is 1.53. The van der Waals surface area contributed by atoms with E-state index in [1.54, 1.807) is 14.0 Å². The molecule has 2 aromatic carbocycles. The largest absolute Gasteiger partial charge is 0.497 e. The number of carbonyl (C=O) groups is 2. The van der Waals surface area contributed by atoms with Crippen molar-refractivity contribution in [3.63, 3.8) is 0 Å². The zero-order valence-electron chi connectivity index (χ0n) is 18.8. The molecule has 2 amide bonds. The van der Waals surface area contributed by atoms with Crippen LogP contribution in [-0.2, 0) is 27.3 Å². The molecule has 32 heavy (non-hydrogen) atoms. The fraction of sp³-hybridized carbons (Fsp3) is 0.440. The maximum absolute atomic E-state index is 13.1. The van der Waals surface area contributed by atoms with E-state index in [1.165, 1.54) is 0 Å². The maximum Gasteiger partial charge on any atom is 0.416 e. The summed E-state index contributed by atoms with van der Waals surface area (Å²) in [7, 11) is 1.61. The van der Waals surface area contributed by atoms with E-state index in [9.17, 15) is 14.7 Å². The number of methoxy groups -OCH3 is 1. The first-order chi connectivity index (χ1) is 15.4. The average molecular weight is 442 g/mol. The van der Waals surface area contributed by atoms with Gasteiger partial charge in [-0.2, -0.15) is 0 Å². The Kier molecular flexibility index (Phi) is 8.25. The van der Waals surface area contributed by atoms with Crippen LogP contribution in [-0.4, -0.2) is 54.5 Å². The standard InChI is InChI=1S/C25H31NO6/c1-17(14-31-15-20-9-11-22(30-3)12-10-20)23(27)18(2)24(28)26-21(16-32-25(26)29)13-19-7-5-4-6-8-19/h4-12,17-18,21,23,27H,13-16H2,1-3H3/t17-,18-,21-,23+/m0/s1. The predicted octanol–water partition coefficient (Wildman–Crippen LogP) is 3.44. The van der Waals surface area contributed by atoms with Crippen LogP contribution in [0.4, 0.5) is 4.79 Å². The number of rotatable bonds is 10. The molecule has 1 saturated heterocycles. The van der Waals surface area contributed by atoms with E-state index in [2.05, 4.69) is 0 Å². The quantitative estimate of drug-likeness (QED) is 0.608. The van der Waals surface area contributed by atoms with Gasteiger partial charge in [0.2, 0.25) is 5.91 Å². The van der Waals surface area contributed by atoms with Gasteiger partial charge in [0, 0.05) is 5.92 Å². The summed E-state index contributed by atoms with van der Waals surface area (Å²) in [6.45, 7) is 4.29. The molecule has 4 atom stereocenters. The van der Waals surface area contributed by atoms with Gasteiger partial charge in [-0.05, 0) is 29.7 Å². The molecule has 1 fully saturated rings. The number of hydrogen-bond donors (Lipinski definition) is 1. The summed E-state index contributed by atoms with van der Waals surface area (Å²) in [4.78, 5) is 26.5. The minimum Gasteiger partial charge on any atom is -0.497 e. The second-order valence-corrected chi connectivity index (χ2v) is 8.25. The van der Waals surface area contributed by atoms with Gasteiger partial charge in [0.15, 0.2) is 0 Å². The van der Waals surface area contributed by atoms with Crippen LogP contribution in [0, 0.1) is 11.8 Å². The molecule has 1 aliphatic heterocycles. The van der Waals surface area contributed by atoms with Crippen LogP contribution in [0.5, 0.6) is 5.75 Å². The summed E-state index contributed by atoms with van der Waals surface area (Å²) in [5.41, 5.74) is 2.00. The van der Waals surface area contributed by atoms with E-state index in [0.717, 1.165) is 21.8 Å². The number of ether oxygens (including phenoxy) is 3. The lowest BCUT2D eigenvalue weighted by Crippen LogP contribution is -2.47. The molecule has 1 N–H and O–H groups in total. The van der Waals surface area contributed by atoms with Gasteiger partial charge >= 0.3 is 6.09 Å². The molecular formula is C25H31NO6. The molecule has 0 unspecified atom stereocenters. The number of amides is 2. The van der Waals surface area contributed by atoms with Crippen molar-refractivity contribution >= 4 is 12.0 Å². The van der Waals surface area contributed by atoms with Gasteiger partial charge < -0.3 is 19.3 Å². The van der Waals surface area contributed by atoms with E-state index in [4.69, 9.17) is 14.2 Å². The van der Waals surface area contributed by atoms with E-state index in [-0.39, 0.29) is 25.2 Å². The lowest BCUT2D eigenvalue weighted by molar-refractivity contribution is -0.138. The Bertz CT molecular complexity index is 885. The topological polar surface area (TPSA) is 85.3 Å². The number of hydrogen-bond acceptors (Lipinski definition) is 6. The SMILES string of the molecule is COc1ccc(COC[C@H](C)[C@@H](O)[C@H](C)C(=O)N2C(=O)OC[C@@H]2Cc2ccccc2)cc1. The summed E-state index contributed by atoms with van der Waals surface area (Å²) in [6, 6.07) is 16.8. The lowest BCUT2D eigenvalue weighted by atomic mass is 9.92. The van der Waals surface area contributed by atoms with Crippen LogP contribution in [0.3, 0.4) is 0 Å². The highest BCUT2D eigenvalue weighted by Crippen LogP contribution is 2.23. The highest BCUT2D eigenvalue weighted by atomic mass is 16.6. The van der Waals surface area contributed by atoms with E-state index in [1.807, 2.05) is 61.5 Å². The van der Waals surface area contributed by atoms with Crippen molar-refractivity contribution in [3.8, 4) is 5.75 Å². The van der Waals surface area contributed by atoms with Gasteiger partial charge in [-0.1, -0.05) is 56.3 Å². The summed E-state index contributed by atoms with van der Waals surface area (Å²) in [5.74, 6) is -0.712. The van der Waals surface area contributed by atoms with Gasteiger partial charge in [0.25, 0.3) is 0 Å². The number of nitrogens with zero attached hydrogens (tertiary/aromatic N) is 1. The third-order valence-corrected chi connectivity index (χ3v) is 5.81. The van der Waals surface area contributed by atoms with E-state index in [0.29, 0.717) is 13.0 Å². The second-order valence-electron chi connectivity index (χ2n) is 8.25. The molecular weight excluding hydrogens is 410 g/mol. The molecule has 172 valence electrons. The van der Waals surface area contributed by atoms with Crippen molar-refractivity contribution in [2.45, 2.75) is 39.0 Å². The van der Waals surface area contributed by atoms with Crippen LogP contribution in [0.25, 0.3) is 0 Å². The fourth-order valence-corrected chi connectivity index (χ4v) is 3.81. The molecule has 0 aliphatic carbocycles. The molecule has 0 spiro atoms.